The number of hydrogen-bond donors (Lipinski definition) is 1. The molecule has 2 aromatic carbocycles. The molecule has 0 radical (unpaired) electrons. The van der Waals surface area contributed by atoms with E-state index in [9.17, 15) is 22.8 Å². The summed E-state index contributed by atoms with van der Waals surface area (Å²) >= 11 is 0. The second-order valence-electron chi connectivity index (χ2n) is 6.30. The van der Waals surface area contributed by atoms with E-state index < -0.39 is 24.7 Å². The Labute approximate surface area is 179 Å². The molecule has 0 aliphatic rings. The van der Waals surface area contributed by atoms with Gasteiger partial charge in [0.2, 0.25) is 0 Å². The molecule has 9 nitrogen and oxygen atoms in total. The second-order valence-corrected chi connectivity index (χ2v) is 6.30. The van der Waals surface area contributed by atoms with Gasteiger partial charge >= 0.3 is 18.1 Å². The smallest absolute Gasteiger partial charge is 0.422 e. The van der Waals surface area contributed by atoms with Gasteiger partial charge in [0.05, 0.1) is 26.0 Å². The minimum Gasteiger partial charge on any atom is -0.484 e. The van der Waals surface area contributed by atoms with E-state index in [0.29, 0.717) is 11.0 Å². The summed E-state index contributed by atoms with van der Waals surface area (Å²) < 4.78 is 51.9. The maximum atomic E-state index is 12.7. The van der Waals surface area contributed by atoms with Gasteiger partial charge in [-0.1, -0.05) is 12.1 Å². The number of aromatic nitrogens is 3. The third-order valence-corrected chi connectivity index (χ3v) is 3.96. The van der Waals surface area contributed by atoms with Crippen molar-refractivity contribution in [1.82, 2.24) is 15.0 Å². The Kier molecular flexibility index (Phi) is 6.61. The van der Waals surface area contributed by atoms with Gasteiger partial charge in [0, 0.05) is 17.8 Å². The summed E-state index contributed by atoms with van der Waals surface area (Å²) in [5.74, 6) is -1.92. The van der Waals surface area contributed by atoms with Gasteiger partial charge in [-0.15, -0.1) is 10.2 Å². The van der Waals surface area contributed by atoms with Crippen LogP contribution < -0.4 is 10.1 Å². The number of benzene rings is 2. The zero-order valence-electron chi connectivity index (χ0n) is 16.8. The maximum absolute atomic E-state index is 12.7. The van der Waals surface area contributed by atoms with Crippen molar-refractivity contribution in [1.29, 1.82) is 0 Å². The van der Waals surface area contributed by atoms with Gasteiger partial charge in [-0.05, 0) is 18.2 Å². The Hall–Kier alpha value is -4.09. The molecule has 0 aliphatic carbocycles. The van der Waals surface area contributed by atoms with Gasteiger partial charge in [0.15, 0.2) is 6.61 Å². The molecule has 0 fully saturated rings. The first kappa shape index (κ1) is 22.6. The number of carbonyl (C=O) groups is 2. The number of nitrogens with zero attached hydrogens (tertiary/aromatic N) is 3. The topological polar surface area (TPSA) is 105 Å². The van der Waals surface area contributed by atoms with E-state index in [1.54, 1.807) is 24.3 Å². The molecule has 0 atom stereocenters. The van der Waals surface area contributed by atoms with E-state index in [4.69, 9.17) is 4.74 Å². The molecule has 0 amide bonds. The monoisotopic (exact) mass is 450 g/mol. The van der Waals surface area contributed by atoms with E-state index in [-0.39, 0.29) is 22.8 Å². The molecular formula is C20H17F3N4O5. The molecule has 168 valence electrons. The van der Waals surface area contributed by atoms with Crippen LogP contribution in [0.25, 0.3) is 16.7 Å². The number of methoxy groups -OCH3 is 2. The van der Waals surface area contributed by atoms with Crippen LogP contribution in [0.5, 0.6) is 5.75 Å². The number of alkyl halides is 3. The number of anilines is 1. The van der Waals surface area contributed by atoms with Crippen molar-refractivity contribution >= 4 is 28.7 Å². The van der Waals surface area contributed by atoms with E-state index in [1.807, 2.05) is 0 Å². The fraction of sp³-hybridized carbons (Fsp3) is 0.200. The number of fused-ring (bicyclic) bond motifs is 1. The van der Waals surface area contributed by atoms with Gasteiger partial charge in [-0.25, -0.2) is 9.59 Å². The van der Waals surface area contributed by atoms with Crippen LogP contribution in [0.2, 0.25) is 0 Å². The minimum atomic E-state index is -4.57. The van der Waals surface area contributed by atoms with Crippen molar-refractivity contribution in [2.75, 3.05) is 26.1 Å². The molecule has 0 aliphatic heterocycles. The van der Waals surface area contributed by atoms with Crippen LogP contribution in [0, 0.1) is 0 Å². The average Bonchev–Trinajstić information content (AvgIpc) is 3.20. The first-order valence-electron chi connectivity index (χ1n) is 9.00. The molecule has 12 heteroatoms. The first-order chi connectivity index (χ1) is 15.2. The van der Waals surface area contributed by atoms with Crippen molar-refractivity contribution < 1.29 is 37.0 Å². The van der Waals surface area contributed by atoms with Crippen LogP contribution in [0.15, 0.2) is 54.2 Å². The zero-order valence-corrected chi connectivity index (χ0v) is 16.8. The molecule has 3 rings (SSSR count). The van der Waals surface area contributed by atoms with E-state index in [1.165, 1.54) is 23.0 Å². The molecule has 0 saturated heterocycles. The van der Waals surface area contributed by atoms with Gasteiger partial charge in [-0.3, -0.25) is 0 Å². The van der Waals surface area contributed by atoms with Crippen molar-refractivity contribution in [3.63, 3.8) is 0 Å². The summed E-state index contributed by atoms with van der Waals surface area (Å²) in [7, 11) is 2.22. The van der Waals surface area contributed by atoms with Crippen molar-refractivity contribution in [3.05, 3.63) is 54.2 Å². The fourth-order valence-electron chi connectivity index (χ4n) is 2.58. The molecule has 0 unspecified atom stereocenters. The summed E-state index contributed by atoms with van der Waals surface area (Å²) in [5, 5.41) is 11.2. The molecular weight excluding hydrogens is 433 g/mol. The zero-order chi connectivity index (χ0) is 23.3. The standard InChI is InChI=1S/C20H17F3N4O5/c1-30-18(28)10-17(19(29)31-2)24-12-7-13(9-14(8-12)32-11-20(21,22)23)27-25-15-5-3-4-6-16(15)26-27/h3-10,24H,11H2,1-2H3/b17-10+. The number of carbonyl (C=O) groups excluding carboxylic acids is 2. The maximum Gasteiger partial charge on any atom is 0.422 e. The number of rotatable bonds is 7. The van der Waals surface area contributed by atoms with Gasteiger partial charge in [0.1, 0.15) is 22.5 Å². The minimum absolute atomic E-state index is 0.113. The molecule has 32 heavy (non-hydrogen) atoms. The summed E-state index contributed by atoms with van der Waals surface area (Å²) in [6, 6.07) is 10.9. The average molecular weight is 450 g/mol. The number of ether oxygens (including phenoxy) is 3. The van der Waals surface area contributed by atoms with E-state index in [2.05, 4.69) is 25.0 Å². The van der Waals surface area contributed by atoms with Gasteiger partial charge in [-0.2, -0.15) is 18.0 Å². The molecule has 0 spiro atoms. The summed E-state index contributed by atoms with van der Waals surface area (Å²) in [4.78, 5) is 24.8. The highest BCUT2D eigenvalue weighted by molar-refractivity contribution is 5.98. The molecule has 0 bridgehead atoms. The Balaban J connectivity index is 2.03. The number of hydrogen-bond acceptors (Lipinski definition) is 8. The lowest BCUT2D eigenvalue weighted by molar-refractivity contribution is -0.153. The second kappa shape index (κ2) is 9.37. The predicted octanol–water partition coefficient (Wildman–Crippen LogP) is 3.00. The molecule has 0 saturated carbocycles. The van der Waals surface area contributed by atoms with Crippen LogP contribution in [-0.2, 0) is 19.1 Å². The van der Waals surface area contributed by atoms with Crippen LogP contribution in [-0.4, -0.2) is 53.9 Å². The van der Waals surface area contributed by atoms with Gasteiger partial charge in [0.25, 0.3) is 0 Å². The molecule has 1 heterocycles. The molecule has 1 N–H and O–H groups in total. The van der Waals surface area contributed by atoms with Gasteiger partial charge < -0.3 is 19.5 Å². The lowest BCUT2D eigenvalue weighted by atomic mass is 10.2. The van der Waals surface area contributed by atoms with Crippen molar-refractivity contribution in [3.8, 4) is 11.4 Å². The highest BCUT2D eigenvalue weighted by Gasteiger charge is 2.28. The van der Waals surface area contributed by atoms with Crippen LogP contribution in [0.4, 0.5) is 18.9 Å². The summed E-state index contributed by atoms with van der Waals surface area (Å²) in [6.45, 7) is -1.54. The predicted molar refractivity (Wildman–Crippen MR) is 106 cm³/mol. The largest absolute Gasteiger partial charge is 0.484 e. The Morgan fingerprint density at radius 1 is 1.06 bits per heavy atom. The van der Waals surface area contributed by atoms with Crippen molar-refractivity contribution in [2.45, 2.75) is 6.18 Å². The lowest BCUT2D eigenvalue weighted by Gasteiger charge is -2.14. The Bertz CT molecular complexity index is 1140. The highest BCUT2D eigenvalue weighted by Crippen LogP contribution is 2.27. The summed E-state index contributed by atoms with van der Waals surface area (Å²) in [5.41, 5.74) is 1.16. The quantitative estimate of drug-likeness (QED) is 0.433. The third-order valence-electron chi connectivity index (χ3n) is 3.96. The molecule has 1 aromatic heterocycles. The number of halogens is 3. The number of esters is 2. The Morgan fingerprint density at radius 2 is 1.72 bits per heavy atom. The third kappa shape index (κ3) is 5.74. The normalized spacial score (nSPS) is 11.8. The van der Waals surface area contributed by atoms with E-state index in [0.717, 1.165) is 20.3 Å². The Morgan fingerprint density at radius 3 is 2.28 bits per heavy atom. The van der Waals surface area contributed by atoms with Crippen LogP contribution in [0.1, 0.15) is 0 Å². The fourth-order valence-corrected chi connectivity index (χ4v) is 2.58. The van der Waals surface area contributed by atoms with Crippen molar-refractivity contribution in [2.24, 2.45) is 0 Å². The van der Waals surface area contributed by atoms with E-state index >= 15 is 0 Å². The lowest BCUT2D eigenvalue weighted by Crippen LogP contribution is -2.19. The molecule has 3 aromatic rings. The first-order valence-corrected chi connectivity index (χ1v) is 9.00. The summed E-state index contributed by atoms with van der Waals surface area (Å²) in [6.07, 6.45) is -3.72. The number of nitrogens with one attached hydrogen (secondary N) is 1. The highest BCUT2D eigenvalue weighted by atomic mass is 19.4. The van der Waals surface area contributed by atoms with Crippen LogP contribution in [0.3, 0.4) is 0 Å². The SMILES string of the molecule is COC(=O)/C=C(/Nc1cc(OCC(F)(F)F)cc(-n2nc3ccccc3n2)c1)C(=O)OC. The van der Waals surface area contributed by atoms with Crippen LogP contribution >= 0.6 is 0 Å².